The Bertz CT molecular complexity index is 882. The number of aryl methyl sites for hydroxylation is 1. The van der Waals surface area contributed by atoms with Gasteiger partial charge in [0, 0.05) is 35.1 Å². The Morgan fingerprint density at radius 3 is 2.81 bits per heavy atom. The van der Waals surface area contributed by atoms with Crippen molar-refractivity contribution in [3.8, 4) is 10.6 Å². The molecule has 0 saturated heterocycles. The first-order valence-corrected chi connectivity index (χ1v) is 10.5. The third-order valence-electron chi connectivity index (χ3n) is 3.92. The molecule has 7 heteroatoms. The van der Waals surface area contributed by atoms with E-state index in [1.807, 2.05) is 25.3 Å². The quantitative estimate of drug-likeness (QED) is 0.613. The van der Waals surface area contributed by atoms with Gasteiger partial charge in [-0.2, -0.15) is 0 Å². The second kappa shape index (κ2) is 9.62. The van der Waals surface area contributed by atoms with Crippen LogP contribution >= 0.6 is 23.1 Å². The number of thiazole rings is 1. The normalized spacial score (nSPS) is 10.7. The molecule has 27 heavy (non-hydrogen) atoms. The fourth-order valence-electron chi connectivity index (χ4n) is 2.46. The van der Waals surface area contributed by atoms with E-state index in [0.717, 1.165) is 27.6 Å². The Balaban J connectivity index is 1.41. The topological polar surface area (TPSA) is 54.9 Å². The molecule has 0 aliphatic rings. The fraction of sp³-hybridized carbons (Fsp3) is 0.250. The van der Waals surface area contributed by atoms with Gasteiger partial charge in [-0.1, -0.05) is 12.1 Å². The van der Waals surface area contributed by atoms with Crippen LogP contribution in [0.3, 0.4) is 0 Å². The second-order valence-electron chi connectivity index (χ2n) is 5.99. The molecule has 0 aliphatic heterocycles. The Morgan fingerprint density at radius 2 is 2.07 bits per heavy atom. The SMILES string of the molecule is Cc1nc(-c2cccnc2)sc1CSCC(=O)NCCc1ccc(F)cc1. The van der Waals surface area contributed by atoms with Crippen LogP contribution in [0.15, 0.2) is 48.8 Å². The Morgan fingerprint density at radius 1 is 1.26 bits per heavy atom. The highest BCUT2D eigenvalue weighted by molar-refractivity contribution is 7.99. The van der Waals surface area contributed by atoms with Crippen molar-refractivity contribution in [2.45, 2.75) is 19.1 Å². The van der Waals surface area contributed by atoms with E-state index in [4.69, 9.17) is 0 Å². The molecule has 0 radical (unpaired) electrons. The maximum absolute atomic E-state index is 12.9. The van der Waals surface area contributed by atoms with Gasteiger partial charge in [0.15, 0.2) is 0 Å². The molecule has 140 valence electrons. The second-order valence-corrected chi connectivity index (χ2v) is 8.06. The highest BCUT2D eigenvalue weighted by Gasteiger charge is 2.10. The van der Waals surface area contributed by atoms with Crippen molar-refractivity contribution in [3.05, 3.63) is 70.7 Å². The van der Waals surface area contributed by atoms with Crippen LogP contribution in [0.2, 0.25) is 0 Å². The van der Waals surface area contributed by atoms with Gasteiger partial charge in [-0.05, 0) is 43.2 Å². The van der Waals surface area contributed by atoms with E-state index in [1.54, 1.807) is 41.4 Å². The van der Waals surface area contributed by atoms with Crippen LogP contribution < -0.4 is 5.32 Å². The first kappa shape index (κ1) is 19.5. The zero-order valence-electron chi connectivity index (χ0n) is 14.9. The lowest BCUT2D eigenvalue weighted by atomic mass is 10.1. The van der Waals surface area contributed by atoms with Gasteiger partial charge in [0.2, 0.25) is 5.91 Å². The van der Waals surface area contributed by atoms with Gasteiger partial charge in [-0.3, -0.25) is 9.78 Å². The molecule has 2 heterocycles. The van der Waals surface area contributed by atoms with Gasteiger partial charge in [0.1, 0.15) is 10.8 Å². The Labute approximate surface area is 166 Å². The number of pyridine rings is 1. The smallest absolute Gasteiger partial charge is 0.230 e. The molecule has 0 saturated carbocycles. The number of nitrogens with one attached hydrogen (secondary N) is 1. The minimum atomic E-state index is -0.246. The summed E-state index contributed by atoms with van der Waals surface area (Å²) in [6.07, 6.45) is 4.25. The highest BCUT2D eigenvalue weighted by Crippen LogP contribution is 2.29. The van der Waals surface area contributed by atoms with Gasteiger partial charge in [0.05, 0.1) is 11.4 Å². The molecule has 0 spiro atoms. The molecule has 1 aromatic carbocycles. The predicted molar refractivity (Wildman–Crippen MR) is 109 cm³/mol. The van der Waals surface area contributed by atoms with Crippen molar-refractivity contribution >= 4 is 29.0 Å². The number of aromatic nitrogens is 2. The van der Waals surface area contributed by atoms with Crippen molar-refractivity contribution in [1.82, 2.24) is 15.3 Å². The average molecular weight is 402 g/mol. The van der Waals surface area contributed by atoms with Gasteiger partial charge in [0.25, 0.3) is 0 Å². The van der Waals surface area contributed by atoms with E-state index in [1.165, 1.54) is 17.0 Å². The first-order chi connectivity index (χ1) is 13.1. The summed E-state index contributed by atoms with van der Waals surface area (Å²) in [6.45, 7) is 2.55. The molecular formula is C20H20FN3OS2. The number of hydrogen-bond acceptors (Lipinski definition) is 5. The number of hydrogen-bond donors (Lipinski definition) is 1. The van der Waals surface area contributed by atoms with Gasteiger partial charge in [-0.25, -0.2) is 9.37 Å². The number of nitrogens with zero attached hydrogens (tertiary/aromatic N) is 2. The number of halogens is 1. The molecule has 2 aromatic heterocycles. The molecule has 3 aromatic rings. The van der Waals surface area contributed by atoms with Crippen LogP contribution in [0.1, 0.15) is 16.1 Å². The van der Waals surface area contributed by atoms with E-state index in [-0.39, 0.29) is 11.7 Å². The van der Waals surface area contributed by atoms with E-state index >= 15 is 0 Å². The zero-order chi connectivity index (χ0) is 19.1. The average Bonchev–Trinajstić information content (AvgIpc) is 3.05. The fourth-order valence-corrected chi connectivity index (χ4v) is 4.58. The summed E-state index contributed by atoms with van der Waals surface area (Å²) in [5, 5.41) is 3.86. The summed E-state index contributed by atoms with van der Waals surface area (Å²) in [5.74, 6) is 0.930. The van der Waals surface area contributed by atoms with Crippen LogP contribution in [-0.2, 0) is 17.0 Å². The molecule has 0 aliphatic carbocycles. The van der Waals surface area contributed by atoms with E-state index < -0.39 is 0 Å². The molecule has 0 bridgehead atoms. The predicted octanol–water partition coefficient (Wildman–Crippen LogP) is 4.24. The molecule has 0 atom stereocenters. The van der Waals surface area contributed by atoms with E-state index in [2.05, 4.69) is 15.3 Å². The zero-order valence-corrected chi connectivity index (χ0v) is 16.6. The van der Waals surface area contributed by atoms with Gasteiger partial charge in [-0.15, -0.1) is 23.1 Å². The Hall–Kier alpha value is -2.25. The monoisotopic (exact) mass is 401 g/mol. The van der Waals surface area contributed by atoms with Crippen molar-refractivity contribution in [2.75, 3.05) is 12.3 Å². The molecule has 4 nitrogen and oxygen atoms in total. The van der Waals surface area contributed by atoms with Crippen molar-refractivity contribution in [1.29, 1.82) is 0 Å². The van der Waals surface area contributed by atoms with Crippen LogP contribution in [-0.4, -0.2) is 28.2 Å². The minimum Gasteiger partial charge on any atom is -0.355 e. The number of carbonyl (C=O) groups is 1. The molecule has 1 N–H and O–H groups in total. The molecular weight excluding hydrogens is 381 g/mol. The lowest BCUT2D eigenvalue weighted by Crippen LogP contribution is -2.27. The van der Waals surface area contributed by atoms with Crippen molar-refractivity contribution in [3.63, 3.8) is 0 Å². The number of carbonyl (C=O) groups excluding carboxylic acids is 1. The summed E-state index contributed by atoms with van der Waals surface area (Å²) in [6, 6.07) is 10.2. The van der Waals surface area contributed by atoms with Gasteiger partial charge >= 0.3 is 0 Å². The van der Waals surface area contributed by atoms with E-state index in [9.17, 15) is 9.18 Å². The standard InChI is InChI=1S/C20H20FN3OS2/c1-14-18(27-20(24-14)16-3-2-9-22-11-16)12-26-13-19(25)23-10-8-15-4-6-17(21)7-5-15/h2-7,9,11H,8,10,12-13H2,1H3,(H,23,25). The van der Waals surface area contributed by atoms with Crippen molar-refractivity contribution in [2.24, 2.45) is 0 Å². The summed E-state index contributed by atoms with van der Waals surface area (Å²) >= 11 is 3.22. The summed E-state index contributed by atoms with van der Waals surface area (Å²) < 4.78 is 12.9. The van der Waals surface area contributed by atoms with Crippen LogP contribution in [0.4, 0.5) is 4.39 Å². The number of rotatable bonds is 8. The number of thioether (sulfide) groups is 1. The third kappa shape index (κ3) is 5.87. The largest absolute Gasteiger partial charge is 0.355 e. The number of benzene rings is 1. The van der Waals surface area contributed by atoms with E-state index in [0.29, 0.717) is 18.7 Å². The first-order valence-electron chi connectivity index (χ1n) is 8.57. The minimum absolute atomic E-state index is 0.0109. The summed E-state index contributed by atoms with van der Waals surface area (Å²) in [4.78, 5) is 21.9. The number of amides is 1. The third-order valence-corrected chi connectivity index (χ3v) is 6.26. The summed E-state index contributed by atoms with van der Waals surface area (Å²) in [7, 11) is 0. The molecule has 3 rings (SSSR count). The molecule has 0 fully saturated rings. The van der Waals surface area contributed by atoms with Crippen molar-refractivity contribution < 1.29 is 9.18 Å². The van der Waals surface area contributed by atoms with Crippen LogP contribution in [0.5, 0.6) is 0 Å². The molecule has 1 amide bonds. The lowest BCUT2D eigenvalue weighted by Gasteiger charge is -2.05. The summed E-state index contributed by atoms with van der Waals surface area (Å²) in [5.41, 5.74) is 3.02. The van der Waals surface area contributed by atoms with Crippen LogP contribution in [0, 0.1) is 12.7 Å². The maximum atomic E-state index is 12.9. The van der Waals surface area contributed by atoms with Gasteiger partial charge < -0.3 is 5.32 Å². The molecule has 0 unspecified atom stereocenters. The lowest BCUT2D eigenvalue weighted by molar-refractivity contribution is -0.118. The maximum Gasteiger partial charge on any atom is 0.230 e. The Kier molecular flexibility index (Phi) is 6.95. The van der Waals surface area contributed by atoms with Crippen LogP contribution in [0.25, 0.3) is 10.6 Å². The highest BCUT2D eigenvalue weighted by atomic mass is 32.2.